The minimum atomic E-state index is -1.60. The first-order chi connectivity index (χ1) is 15.1. The molecule has 2 atom stereocenters. The number of hydrogen-bond donors (Lipinski definition) is 2. The van der Waals surface area contributed by atoms with Gasteiger partial charge in [-0.3, -0.25) is 14.6 Å². The number of Topliss-reactive ketones (excluding diaryl/α,β-unsaturated/α-hetero) is 1. The van der Waals surface area contributed by atoms with Crippen molar-refractivity contribution < 1.29 is 28.7 Å². The van der Waals surface area contributed by atoms with E-state index in [1.165, 1.54) is 24.5 Å². The highest BCUT2D eigenvalue weighted by Crippen LogP contribution is 2.10. The fraction of sp³-hybridized carbons (Fsp3) is 0.348. The van der Waals surface area contributed by atoms with Crippen molar-refractivity contribution in [1.29, 1.82) is 0 Å². The number of alkyl carbamates (subject to hydrolysis) is 1. The predicted molar refractivity (Wildman–Crippen MR) is 116 cm³/mol. The average Bonchev–Trinajstić information content (AvgIpc) is 2.76. The molecule has 0 fully saturated rings. The Morgan fingerprint density at radius 2 is 1.69 bits per heavy atom. The molecule has 9 nitrogen and oxygen atoms in total. The third-order valence-electron chi connectivity index (χ3n) is 4.22. The Hall–Kier alpha value is -3.75. The standard InChI is InChI=1S/C23H27N3O6/c1-23(2,3)32-22(30)25-17(13-15-9-6-5-7-10-15)20(28)26-18(21(29)31-4)19(27)16-11-8-12-24-14-16/h5-12,14,17-18H,13H2,1-4H3,(H,25,30)(H,26,28)/t17-,18?/m0/s1. The molecular weight excluding hydrogens is 414 g/mol. The smallest absolute Gasteiger partial charge is 0.408 e. The van der Waals surface area contributed by atoms with E-state index in [0.29, 0.717) is 0 Å². The summed E-state index contributed by atoms with van der Waals surface area (Å²) >= 11 is 0. The highest BCUT2D eigenvalue weighted by Gasteiger charge is 2.34. The van der Waals surface area contributed by atoms with E-state index in [2.05, 4.69) is 15.6 Å². The molecule has 2 amide bonds. The van der Waals surface area contributed by atoms with Crippen molar-refractivity contribution in [2.75, 3.05) is 7.11 Å². The Labute approximate surface area is 186 Å². The van der Waals surface area contributed by atoms with E-state index in [4.69, 9.17) is 9.47 Å². The van der Waals surface area contributed by atoms with Gasteiger partial charge in [0.1, 0.15) is 11.6 Å². The van der Waals surface area contributed by atoms with Crippen LogP contribution in [0.25, 0.3) is 0 Å². The molecular formula is C23H27N3O6. The summed E-state index contributed by atoms with van der Waals surface area (Å²) in [6, 6.07) is 9.27. The number of amides is 2. The van der Waals surface area contributed by atoms with Gasteiger partial charge >= 0.3 is 12.1 Å². The fourth-order valence-electron chi connectivity index (χ4n) is 2.78. The molecule has 0 aliphatic heterocycles. The van der Waals surface area contributed by atoms with E-state index in [9.17, 15) is 19.2 Å². The zero-order chi connectivity index (χ0) is 23.7. The molecule has 0 bridgehead atoms. The summed E-state index contributed by atoms with van der Waals surface area (Å²) in [7, 11) is 1.11. The van der Waals surface area contributed by atoms with Crippen LogP contribution in [0.15, 0.2) is 54.9 Å². The van der Waals surface area contributed by atoms with E-state index in [1.54, 1.807) is 45.0 Å². The Morgan fingerprint density at radius 3 is 2.25 bits per heavy atom. The topological polar surface area (TPSA) is 124 Å². The minimum Gasteiger partial charge on any atom is -0.467 e. The summed E-state index contributed by atoms with van der Waals surface area (Å²) in [5, 5.41) is 4.91. The molecule has 1 aromatic heterocycles. The second-order valence-electron chi connectivity index (χ2n) is 7.96. The van der Waals surface area contributed by atoms with Crippen molar-refractivity contribution in [2.45, 2.75) is 44.9 Å². The highest BCUT2D eigenvalue weighted by molar-refractivity contribution is 6.13. The Kier molecular flexibility index (Phi) is 8.46. The van der Waals surface area contributed by atoms with Crippen LogP contribution in [-0.4, -0.2) is 53.5 Å². The SMILES string of the molecule is COC(=O)C(NC(=O)[C@H](Cc1ccccc1)NC(=O)OC(C)(C)C)C(=O)c1cccnc1. The molecule has 2 rings (SSSR count). The number of pyridine rings is 1. The van der Waals surface area contributed by atoms with Gasteiger partial charge in [0.2, 0.25) is 5.91 Å². The van der Waals surface area contributed by atoms with E-state index in [-0.39, 0.29) is 12.0 Å². The van der Waals surface area contributed by atoms with Crippen LogP contribution in [0.1, 0.15) is 36.7 Å². The second kappa shape index (κ2) is 11.0. The van der Waals surface area contributed by atoms with Gasteiger partial charge in [-0.2, -0.15) is 0 Å². The third kappa shape index (κ3) is 7.50. The lowest BCUT2D eigenvalue weighted by molar-refractivity contribution is -0.143. The van der Waals surface area contributed by atoms with E-state index in [0.717, 1.165) is 12.7 Å². The molecule has 0 radical (unpaired) electrons. The van der Waals surface area contributed by atoms with E-state index in [1.807, 2.05) is 6.07 Å². The van der Waals surface area contributed by atoms with Crippen LogP contribution in [0.2, 0.25) is 0 Å². The largest absolute Gasteiger partial charge is 0.467 e. The summed E-state index contributed by atoms with van der Waals surface area (Å²) < 4.78 is 9.94. The number of ether oxygens (including phenoxy) is 2. The molecule has 2 N–H and O–H groups in total. The van der Waals surface area contributed by atoms with Crippen molar-refractivity contribution in [2.24, 2.45) is 0 Å². The Morgan fingerprint density at radius 1 is 1.00 bits per heavy atom. The number of rotatable bonds is 8. The molecule has 1 heterocycles. The third-order valence-corrected chi connectivity index (χ3v) is 4.22. The molecule has 9 heteroatoms. The van der Waals surface area contributed by atoms with Crippen LogP contribution in [0, 0.1) is 0 Å². The van der Waals surface area contributed by atoms with Gasteiger partial charge in [-0.25, -0.2) is 9.59 Å². The van der Waals surface area contributed by atoms with Gasteiger partial charge in [0, 0.05) is 24.4 Å². The van der Waals surface area contributed by atoms with Gasteiger partial charge in [-0.15, -0.1) is 0 Å². The number of esters is 1. The van der Waals surface area contributed by atoms with E-state index < -0.39 is 41.4 Å². The number of benzene rings is 1. The maximum absolute atomic E-state index is 13.1. The maximum Gasteiger partial charge on any atom is 0.408 e. The lowest BCUT2D eigenvalue weighted by atomic mass is 10.0. The van der Waals surface area contributed by atoms with Crippen molar-refractivity contribution >= 4 is 23.8 Å². The van der Waals surface area contributed by atoms with Gasteiger partial charge in [0.15, 0.2) is 11.8 Å². The molecule has 0 saturated heterocycles. The summed E-state index contributed by atoms with van der Waals surface area (Å²) in [4.78, 5) is 54.3. The molecule has 1 unspecified atom stereocenters. The normalized spacial score (nSPS) is 12.8. The number of methoxy groups -OCH3 is 1. The van der Waals surface area contributed by atoms with Gasteiger partial charge in [0.05, 0.1) is 7.11 Å². The van der Waals surface area contributed by atoms with Crippen molar-refractivity contribution in [3.05, 3.63) is 66.0 Å². The zero-order valence-corrected chi connectivity index (χ0v) is 18.5. The summed E-state index contributed by atoms with van der Waals surface area (Å²) in [5.74, 6) is -2.37. The Balaban J connectivity index is 2.25. The Bertz CT molecular complexity index is 941. The molecule has 0 saturated carbocycles. The predicted octanol–water partition coefficient (Wildman–Crippen LogP) is 2.06. The lowest BCUT2D eigenvalue weighted by Gasteiger charge is -2.24. The number of carbonyl (C=O) groups excluding carboxylic acids is 4. The summed E-state index contributed by atoms with van der Waals surface area (Å²) in [6.07, 6.45) is 2.07. The van der Waals surface area contributed by atoms with Crippen molar-refractivity contribution in [3.8, 4) is 0 Å². The molecule has 0 aliphatic rings. The second-order valence-corrected chi connectivity index (χ2v) is 7.96. The molecule has 170 valence electrons. The first kappa shape index (κ1) is 24.5. The lowest BCUT2D eigenvalue weighted by Crippen LogP contribution is -2.55. The molecule has 0 aliphatic carbocycles. The summed E-state index contributed by atoms with van der Waals surface area (Å²) in [6.45, 7) is 5.08. The number of nitrogens with one attached hydrogen (secondary N) is 2. The number of hydrogen-bond acceptors (Lipinski definition) is 7. The van der Waals surface area contributed by atoms with Crippen LogP contribution in [-0.2, 0) is 25.5 Å². The average molecular weight is 441 g/mol. The molecule has 2 aromatic rings. The molecule has 0 spiro atoms. The van der Waals surface area contributed by atoms with Gasteiger partial charge in [-0.1, -0.05) is 30.3 Å². The van der Waals surface area contributed by atoms with Crippen LogP contribution >= 0.6 is 0 Å². The first-order valence-corrected chi connectivity index (χ1v) is 9.96. The van der Waals surface area contributed by atoms with Crippen molar-refractivity contribution in [1.82, 2.24) is 15.6 Å². The molecule has 32 heavy (non-hydrogen) atoms. The number of nitrogens with zero attached hydrogens (tertiary/aromatic N) is 1. The van der Waals surface area contributed by atoms with Gasteiger partial charge in [0.25, 0.3) is 0 Å². The monoisotopic (exact) mass is 441 g/mol. The first-order valence-electron chi connectivity index (χ1n) is 9.96. The number of aromatic nitrogens is 1. The number of carbonyl (C=O) groups is 4. The highest BCUT2D eigenvalue weighted by atomic mass is 16.6. The maximum atomic E-state index is 13.1. The van der Waals surface area contributed by atoms with Gasteiger partial charge < -0.3 is 20.1 Å². The fourth-order valence-corrected chi connectivity index (χ4v) is 2.78. The summed E-state index contributed by atoms with van der Waals surface area (Å²) in [5.41, 5.74) is 0.114. The van der Waals surface area contributed by atoms with Crippen LogP contribution in [0.3, 0.4) is 0 Å². The van der Waals surface area contributed by atoms with Crippen LogP contribution in [0.5, 0.6) is 0 Å². The van der Waals surface area contributed by atoms with Crippen LogP contribution < -0.4 is 10.6 Å². The minimum absolute atomic E-state index is 0.112. The van der Waals surface area contributed by atoms with Crippen LogP contribution in [0.4, 0.5) is 4.79 Å². The van der Waals surface area contributed by atoms with Crippen molar-refractivity contribution in [3.63, 3.8) is 0 Å². The van der Waals surface area contributed by atoms with Gasteiger partial charge in [-0.05, 0) is 38.5 Å². The van der Waals surface area contributed by atoms with E-state index >= 15 is 0 Å². The quantitative estimate of drug-likeness (QED) is 0.365. The number of ketones is 1. The zero-order valence-electron chi connectivity index (χ0n) is 18.5. The molecule has 1 aromatic carbocycles.